The number of rotatable bonds is 5. The van der Waals surface area contributed by atoms with E-state index in [2.05, 4.69) is 10.4 Å². The Kier molecular flexibility index (Phi) is 3.74. The fraction of sp³-hybridized carbons (Fsp3) is 0.231. The standard InChI is InChI=1S/C13H16N4O/c1-10(13(14)18)15-9-11-5-2-3-6-12(11)17-8-4-7-16-17/h2-8,10,15H,9H2,1H3,(H2,14,18). The van der Waals surface area contributed by atoms with E-state index >= 15 is 0 Å². The van der Waals surface area contributed by atoms with Gasteiger partial charge in [0.15, 0.2) is 0 Å². The quantitative estimate of drug-likeness (QED) is 0.818. The second-order valence-corrected chi connectivity index (χ2v) is 4.08. The Morgan fingerprint density at radius 3 is 2.89 bits per heavy atom. The lowest BCUT2D eigenvalue weighted by atomic mass is 10.1. The van der Waals surface area contributed by atoms with Gasteiger partial charge in [-0.05, 0) is 24.6 Å². The monoisotopic (exact) mass is 244 g/mol. The van der Waals surface area contributed by atoms with E-state index < -0.39 is 0 Å². The Morgan fingerprint density at radius 2 is 2.22 bits per heavy atom. The van der Waals surface area contributed by atoms with E-state index in [-0.39, 0.29) is 11.9 Å². The van der Waals surface area contributed by atoms with Crippen LogP contribution in [0.3, 0.4) is 0 Å². The molecule has 1 atom stereocenters. The number of nitrogens with one attached hydrogen (secondary N) is 1. The first kappa shape index (κ1) is 12.3. The number of nitrogens with two attached hydrogens (primary N) is 1. The second kappa shape index (κ2) is 5.46. The Hall–Kier alpha value is -2.14. The average Bonchev–Trinajstić information content (AvgIpc) is 2.89. The Morgan fingerprint density at radius 1 is 1.44 bits per heavy atom. The molecule has 0 radical (unpaired) electrons. The van der Waals surface area contributed by atoms with Crippen molar-refractivity contribution in [2.24, 2.45) is 5.73 Å². The van der Waals surface area contributed by atoms with Gasteiger partial charge in [-0.15, -0.1) is 0 Å². The Balaban J connectivity index is 2.16. The van der Waals surface area contributed by atoms with Crippen LogP contribution in [-0.4, -0.2) is 21.7 Å². The maximum absolute atomic E-state index is 11.0. The number of amides is 1. The summed E-state index contributed by atoms with van der Waals surface area (Å²) >= 11 is 0. The Labute approximate surface area is 106 Å². The van der Waals surface area contributed by atoms with Crippen LogP contribution in [0.4, 0.5) is 0 Å². The van der Waals surface area contributed by atoms with Crippen LogP contribution in [0.5, 0.6) is 0 Å². The molecule has 1 aromatic heterocycles. The minimum absolute atomic E-state index is 0.351. The van der Waals surface area contributed by atoms with Gasteiger partial charge >= 0.3 is 0 Å². The van der Waals surface area contributed by atoms with E-state index in [1.807, 2.05) is 36.5 Å². The summed E-state index contributed by atoms with van der Waals surface area (Å²) in [6, 6.07) is 9.42. The van der Waals surface area contributed by atoms with E-state index in [4.69, 9.17) is 5.73 Å². The molecule has 0 saturated heterocycles. The van der Waals surface area contributed by atoms with Crippen LogP contribution in [0.15, 0.2) is 42.7 Å². The maximum atomic E-state index is 11.0. The minimum Gasteiger partial charge on any atom is -0.368 e. The second-order valence-electron chi connectivity index (χ2n) is 4.08. The Bertz CT molecular complexity index is 522. The number of aromatic nitrogens is 2. The number of hydrogen-bond donors (Lipinski definition) is 2. The molecule has 1 amide bonds. The largest absolute Gasteiger partial charge is 0.368 e. The molecule has 3 N–H and O–H groups in total. The summed E-state index contributed by atoms with van der Waals surface area (Å²) in [6.07, 6.45) is 3.62. The zero-order valence-corrected chi connectivity index (χ0v) is 10.2. The van der Waals surface area contributed by atoms with Crippen molar-refractivity contribution in [1.82, 2.24) is 15.1 Å². The lowest BCUT2D eigenvalue weighted by molar-refractivity contribution is -0.119. The van der Waals surface area contributed by atoms with E-state index in [9.17, 15) is 4.79 Å². The number of benzene rings is 1. The highest BCUT2D eigenvalue weighted by atomic mass is 16.1. The summed E-state index contributed by atoms with van der Waals surface area (Å²) in [4.78, 5) is 11.0. The molecule has 2 aromatic rings. The first-order chi connectivity index (χ1) is 8.68. The summed E-state index contributed by atoms with van der Waals surface area (Å²) in [5.41, 5.74) is 7.27. The molecule has 0 bridgehead atoms. The maximum Gasteiger partial charge on any atom is 0.234 e. The molecule has 0 saturated carbocycles. The van der Waals surface area contributed by atoms with Crippen LogP contribution in [-0.2, 0) is 11.3 Å². The zero-order valence-electron chi connectivity index (χ0n) is 10.2. The molecule has 0 fully saturated rings. The molecular formula is C13H16N4O. The van der Waals surface area contributed by atoms with Crippen LogP contribution in [0, 0.1) is 0 Å². The highest BCUT2D eigenvalue weighted by Crippen LogP contribution is 2.13. The molecule has 0 aliphatic heterocycles. The topological polar surface area (TPSA) is 72.9 Å². The van der Waals surface area contributed by atoms with Gasteiger partial charge in [0.2, 0.25) is 5.91 Å². The fourth-order valence-electron chi connectivity index (χ4n) is 1.66. The van der Waals surface area contributed by atoms with Crippen molar-refractivity contribution in [1.29, 1.82) is 0 Å². The van der Waals surface area contributed by atoms with Gasteiger partial charge in [-0.25, -0.2) is 4.68 Å². The third kappa shape index (κ3) is 2.75. The number of para-hydroxylation sites is 1. The van der Waals surface area contributed by atoms with Gasteiger partial charge in [-0.3, -0.25) is 4.79 Å². The molecule has 1 unspecified atom stereocenters. The predicted octanol–water partition coefficient (Wildman–Crippen LogP) is 0.836. The van der Waals surface area contributed by atoms with Crippen LogP contribution in [0.25, 0.3) is 5.69 Å². The fourth-order valence-corrected chi connectivity index (χ4v) is 1.66. The number of carbonyl (C=O) groups excluding carboxylic acids is 1. The third-order valence-electron chi connectivity index (χ3n) is 2.77. The van der Waals surface area contributed by atoms with Gasteiger partial charge in [0.05, 0.1) is 11.7 Å². The van der Waals surface area contributed by atoms with E-state index in [1.54, 1.807) is 17.8 Å². The molecule has 5 nitrogen and oxygen atoms in total. The average molecular weight is 244 g/mol. The smallest absolute Gasteiger partial charge is 0.234 e. The van der Waals surface area contributed by atoms with Crippen molar-refractivity contribution in [3.8, 4) is 5.69 Å². The predicted molar refractivity (Wildman–Crippen MR) is 69.1 cm³/mol. The van der Waals surface area contributed by atoms with Crippen LogP contribution < -0.4 is 11.1 Å². The summed E-state index contributed by atoms with van der Waals surface area (Å²) < 4.78 is 1.80. The number of nitrogens with zero attached hydrogens (tertiary/aromatic N) is 2. The summed E-state index contributed by atoms with van der Waals surface area (Å²) in [6.45, 7) is 2.32. The SMILES string of the molecule is CC(NCc1ccccc1-n1cccn1)C(N)=O. The van der Waals surface area contributed by atoms with E-state index in [0.29, 0.717) is 6.54 Å². The first-order valence-corrected chi connectivity index (χ1v) is 5.79. The molecule has 18 heavy (non-hydrogen) atoms. The highest BCUT2D eigenvalue weighted by molar-refractivity contribution is 5.79. The van der Waals surface area contributed by atoms with Gasteiger partial charge in [0.25, 0.3) is 0 Å². The molecule has 2 rings (SSSR count). The molecular weight excluding hydrogens is 228 g/mol. The van der Waals surface area contributed by atoms with Gasteiger partial charge in [-0.2, -0.15) is 5.10 Å². The molecule has 0 aliphatic rings. The normalized spacial score (nSPS) is 12.3. The van der Waals surface area contributed by atoms with Crippen LogP contribution >= 0.6 is 0 Å². The highest BCUT2D eigenvalue weighted by Gasteiger charge is 2.09. The van der Waals surface area contributed by atoms with E-state index in [1.165, 1.54) is 0 Å². The summed E-state index contributed by atoms with van der Waals surface area (Å²) in [5, 5.41) is 7.29. The van der Waals surface area contributed by atoms with Gasteiger partial charge < -0.3 is 11.1 Å². The van der Waals surface area contributed by atoms with E-state index in [0.717, 1.165) is 11.3 Å². The zero-order chi connectivity index (χ0) is 13.0. The number of hydrogen-bond acceptors (Lipinski definition) is 3. The molecule has 0 aliphatic carbocycles. The lowest BCUT2D eigenvalue weighted by Crippen LogP contribution is -2.38. The summed E-state index contributed by atoms with van der Waals surface area (Å²) in [5.74, 6) is -0.355. The van der Waals surface area contributed by atoms with Crippen molar-refractivity contribution in [2.45, 2.75) is 19.5 Å². The van der Waals surface area contributed by atoms with Crippen molar-refractivity contribution < 1.29 is 4.79 Å². The molecule has 1 aromatic carbocycles. The molecule has 1 heterocycles. The summed E-state index contributed by atoms with van der Waals surface area (Å²) in [7, 11) is 0. The first-order valence-electron chi connectivity index (χ1n) is 5.79. The van der Waals surface area contributed by atoms with Gasteiger partial charge in [-0.1, -0.05) is 18.2 Å². The van der Waals surface area contributed by atoms with Gasteiger partial charge in [0.1, 0.15) is 0 Å². The van der Waals surface area contributed by atoms with Crippen molar-refractivity contribution in [3.05, 3.63) is 48.3 Å². The number of carbonyl (C=O) groups is 1. The molecule has 94 valence electrons. The van der Waals surface area contributed by atoms with Crippen molar-refractivity contribution in [3.63, 3.8) is 0 Å². The number of primary amides is 1. The van der Waals surface area contributed by atoms with Crippen molar-refractivity contribution >= 4 is 5.91 Å². The lowest BCUT2D eigenvalue weighted by Gasteiger charge is -2.13. The van der Waals surface area contributed by atoms with Gasteiger partial charge in [0, 0.05) is 18.9 Å². The minimum atomic E-state index is -0.355. The molecule has 5 heteroatoms. The van der Waals surface area contributed by atoms with Crippen molar-refractivity contribution in [2.75, 3.05) is 0 Å². The van der Waals surface area contributed by atoms with Crippen LogP contribution in [0.1, 0.15) is 12.5 Å². The third-order valence-corrected chi connectivity index (χ3v) is 2.77. The molecule has 0 spiro atoms. The van der Waals surface area contributed by atoms with Crippen LogP contribution in [0.2, 0.25) is 0 Å².